The Morgan fingerprint density at radius 3 is 1.96 bits per heavy atom. The van der Waals surface area contributed by atoms with Crippen LogP contribution in [0.5, 0.6) is 5.75 Å². The highest BCUT2D eigenvalue weighted by molar-refractivity contribution is 5.98. The molecule has 22 heteroatoms. The number of hydrogen-bond acceptors (Lipinski definition) is 14. The van der Waals surface area contributed by atoms with Crippen LogP contribution < -0.4 is 32.3 Å². The van der Waals surface area contributed by atoms with Crippen molar-refractivity contribution >= 4 is 47.3 Å². The number of nitrogens with two attached hydrogens (primary N) is 1. The monoisotopic (exact) mass is 1020 g/mol. The predicted octanol–water partition coefficient (Wildman–Crippen LogP) is -1.12. The third kappa shape index (κ3) is 17.7. The Hall–Kier alpha value is -5.42. The van der Waals surface area contributed by atoms with E-state index in [2.05, 4.69) is 47.4 Å². The molecule has 404 valence electrons. The highest BCUT2D eigenvalue weighted by Crippen LogP contribution is 2.24. The standard InChI is InChI=1S/C50H80N8O14/c1-28(2)29(3)14-11-9-7-5-6-8-10-12-16-40(66)53-34-15-13-22-52-48(70)44-36(62)21-23-57(44)50(72)43(38(64)26-39(51)65)56-47(69)42(37(63)24-31-17-19-32(60)20-18-31)55-46(68)35-25-33(61)27-58(35)49(71)41(30(4)59)54-45(34)67/h17-20,28-30,33-38,41-44,59-64H,5-16,21-27H2,1-4H3,(H2,51,65)(H,52,70)(H,53,66)(H,54,67)(H,55,68)(H,56,69)/t29?,30-,33+,34-,35?,36+,37+,38+,41+,42-,43-,44+/m0/s1. The zero-order chi connectivity index (χ0) is 53.2. The summed E-state index contributed by atoms with van der Waals surface area (Å²) in [5, 5.41) is 77.9. The number of primary amides is 1. The highest BCUT2D eigenvalue weighted by Gasteiger charge is 2.48. The number of hydrogen-bond donors (Lipinski definition) is 12. The lowest BCUT2D eigenvalue weighted by Crippen LogP contribution is -2.64. The van der Waals surface area contributed by atoms with Crippen LogP contribution in [0.15, 0.2) is 24.3 Å². The van der Waals surface area contributed by atoms with E-state index in [0.29, 0.717) is 23.8 Å². The van der Waals surface area contributed by atoms with Crippen LogP contribution in [0.25, 0.3) is 0 Å². The second kappa shape index (κ2) is 28.7. The first-order valence-electron chi connectivity index (χ1n) is 25.6. The van der Waals surface area contributed by atoms with Crippen LogP contribution in [-0.2, 0) is 44.8 Å². The molecule has 13 N–H and O–H groups in total. The first-order valence-corrected chi connectivity index (χ1v) is 25.6. The van der Waals surface area contributed by atoms with Gasteiger partial charge in [0, 0.05) is 38.9 Å². The van der Waals surface area contributed by atoms with Gasteiger partial charge in [0.25, 0.3) is 0 Å². The number of phenols is 1. The summed E-state index contributed by atoms with van der Waals surface area (Å²) in [6, 6.07) is -4.74. The largest absolute Gasteiger partial charge is 0.508 e. The predicted molar refractivity (Wildman–Crippen MR) is 262 cm³/mol. The summed E-state index contributed by atoms with van der Waals surface area (Å²) < 4.78 is 0. The number of fused-ring (bicyclic) bond motifs is 2. The second-order valence-corrected chi connectivity index (χ2v) is 20.2. The van der Waals surface area contributed by atoms with Gasteiger partial charge in [0.05, 0.1) is 36.9 Å². The van der Waals surface area contributed by atoms with Crippen molar-refractivity contribution in [3.63, 3.8) is 0 Å². The van der Waals surface area contributed by atoms with E-state index in [0.717, 1.165) is 41.9 Å². The Kier molecular flexibility index (Phi) is 23.6. The van der Waals surface area contributed by atoms with Gasteiger partial charge in [0.2, 0.25) is 47.3 Å². The maximum Gasteiger partial charge on any atom is 0.248 e. The Balaban J connectivity index is 1.61. The van der Waals surface area contributed by atoms with E-state index in [1.54, 1.807) is 0 Å². The summed E-state index contributed by atoms with van der Waals surface area (Å²) in [6.45, 7) is 7.13. The maximum atomic E-state index is 14.3. The van der Waals surface area contributed by atoms with Crippen molar-refractivity contribution < 1.29 is 69.0 Å². The van der Waals surface area contributed by atoms with Gasteiger partial charge in [-0.05, 0) is 62.1 Å². The lowest BCUT2D eigenvalue weighted by molar-refractivity contribution is -0.147. The SMILES string of the molecule is CC(C)C(C)CCCCCCCCCCC(=O)N[C@H]1CCCNC(=O)[C@H]2[C@H](O)CCN2C(=O)[C@H]([C@H](O)CC(N)=O)NC(=O)[C@H]([C@H](O)Cc2ccc(O)cc2)NC(=O)C2C[C@@H](O)CN2C(=O)[C@@H]([C@H](C)O)NC1=O. The molecule has 3 aliphatic rings. The molecule has 8 amide bonds. The van der Waals surface area contributed by atoms with E-state index in [1.165, 1.54) is 50.5 Å². The normalized spacial score (nSPS) is 26.8. The van der Waals surface area contributed by atoms with Crippen LogP contribution in [0.1, 0.15) is 130 Å². The van der Waals surface area contributed by atoms with Gasteiger partial charge >= 0.3 is 0 Å². The first-order chi connectivity index (χ1) is 34.1. The molecule has 0 spiro atoms. The van der Waals surface area contributed by atoms with Gasteiger partial charge in [0.1, 0.15) is 42.0 Å². The quantitative estimate of drug-likeness (QED) is 0.0689. The molecule has 3 fully saturated rings. The minimum absolute atomic E-state index is 0.0367. The highest BCUT2D eigenvalue weighted by atomic mass is 16.3. The molecular formula is C50H80N8O14. The number of unbranched alkanes of at least 4 members (excludes halogenated alkanes) is 7. The molecule has 0 radical (unpaired) electrons. The van der Waals surface area contributed by atoms with Crippen molar-refractivity contribution in [2.75, 3.05) is 19.6 Å². The molecule has 12 atom stereocenters. The summed E-state index contributed by atoms with van der Waals surface area (Å²) >= 11 is 0. The minimum Gasteiger partial charge on any atom is -0.508 e. The summed E-state index contributed by atoms with van der Waals surface area (Å²) in [4.78, 5) is 112. The summed E-state index contributed by atoms with van der Waals surface area (Å²) in [5.74, 6) is -6.51. The van der Waals surface area contributed by atoms with Gasteiger partial charge in [0.15, 0.2) is 0 Å². The number of rotatable bonds is 20. The Morgan fingerprint density at radius 1 is 0.736 bits per heavy atom. The molecule has 3 saturated heterocycles. The fourth-order valence-electron chi connectivity index (χ4n) is 9.42. The number of carbonyl (C=O) groups is 8. The average molecular weight is 1020 g/mol. The number of aliphatic hydroxyl groups excluding tert-OH is 5. The van der Waals surface area contributed by atoms with E-state index in [1.807, 2.05) is 0 Å². The van der Waals surface area contributed by atoms with E-state index in [9.17, 15) is 69.0 Å². The molecule has 2 unspecified atom stereocenters. The molecule has 3 heterocycles. The fourth-order valence-corrected chi connectivity index (χ4v) is 9.42. The van der Waals surface area contributed by atoms with Gasteiger partial charge in [-0.3, -0.25) is 38.4 Å². The van der Waals surface area contributed by atoms with Crippen LogP contribution in [-0.4, -0.2) is 174 Å². The molecule has 72 heavy (non-hydrogen) atoms. The van der Waals surface area contributed by atoms with Crippen molar-refractivity contribution in [3.8, 4) is 5.75 Å². The Labute approximate surface area is 421 Å². The van der Waals surface area contributed by atoms with Gasteiger partial charge in [-0.15, -0.1) is 0 Å². The lowest BCUT2D eigenvalue weighted by atomic mass is 9.92. The van der Waals surface area contributed by atoms with Crippen molar-refractivity contribution in [2.24, 2.45) is 17.6 Å². The van der Waals surface area contributed by atoms with E-state index in [4.69, 9.17) is 5.73 Å². The number of benzene rings is 1. The summed E-state index contributed by atoms with van der Waals surface area (Å²) in [5.41, 5.74) is 5.73. The van der Waals surface area contributed by atoms with Crippen molar-refractivity contribution in [2.45, 2.75) is 197 Å². The Bertz CT molecular complexity index is 1990. The number of nitrogens with one attached hydrogen (secondary N) is 5. The summed E-state index contributed by atoms with van der Waals surface area (Å²) in [7, 11) is 0. The number of nitrogens with zero attached hydrogens (tertiary/aromatic N) is 2. The number of amides is 8. The molecule has 22 nitrogen and oxygen atoms in total. The molecule has 0 saturated carbocycles. The van der Waals surface area contributed by atoms with Crippen LogP contribution in [0.4, 0.5) is 0 Å². The van der Waals surface area contributed by atoms with Crippen molar-refractivity contribution in [1.29, 1.82) is 0 Å². The van der Waals surface area contributed by atoms with Crippen LogP contribution in [0.3, 0.4) is 0 Å². The lowest BCUT2D eigenvalue weighted by Gasteiger charge is -2.33. The third-order valence-corrected chi connectivity index (χ3v) is 14.1. The maximum absolute atomic E-state index is 14.3. The smallest absolute Gasteiger partial charge is 0.248 e. The average Bonchev–Trinajstić information content (AvgIpc) is 3.92. The minimum atomic E-state index is -2.04. The zero-order valence-electron chi connectivity index (χ0n) is 42.2. The number of carbonyl (C=O) groups excluding carboxylic acids is 8. The van der Waals surface area contributed by atoms with Crippen molar-refractivity contribution in [3.05, 3.63) is 29.8 Å². The molecule has 4 rings (SSSR count). The molecule has 1 aromatic rings. The molecule has 0 aliphatic carbocycles. The number of aromatic hydroxyl groups is 1. The topological polar surface area (TPSA) is 351 Å². The second-order valence-electron chi connectivity index (χ2n) is 20.2. The van der Waals surface area contributed by atoms with Crippen molar-refractivity contribution in [1.82, 2.24) is 36.4 Å². The first kappa shape index (κ1) is 59.1. The molecule has 1 aromatic carbocycles. The number of aliphatic hydroxyl groups is 5. The number of phenolic OH excluding ortho intramolecular Hbond substituents is 1. The summed E-state index contributed by atoms with van der Waals surface area (Å²) in [6.07, 6.45) is -0.718. The van der Waals surface area contributed by atoms with Gasteiger partial charge in [-0.1, -0.05) is 84.3 Å². The fraction of sp³-hybridized carbons (Fsp3) is 0.720. The zero-order valence-corrected chi connectivity index (χ0v) is 42.2. The van der Waals surface area contributed by atoms with E-state index in [-0.39, 0.29) is 50.9 Å². The van der Waals surface area contributed by atoms with E-state index < -0.39 is 133 Å². The van der Waals surface area contributed by atoms with Gasteiger partial charge in [-0.2, -0.15) is 0 Å². The van der Waals surface area contributed by atoms with Gasteiger partial charge in [-0.25, -0.2) is 0 Å². The van der Waals surface area contributed by atoms with Gasteiger partial charge < -0.3 is 72.8 Å². The van der Waals surface area contributed by atoms with Crippen LogP contribution in [0, 0.1) is 11.8 Å². The Morgan fingerprint density at radius 2 is 1.33 bits per heavy atom. The third-order valence-electron chi connectivity index (χ3n) is 14.1. The van der Waals surface area contributed by atoms with E-state index >= 15 is 0 Å². The molecule has 0 aromatic heterocycles. The molecule has 0 bridgehead atoms. The van der Waals surface area contributed by atoms with Crippen LogP contribution in [0.2, 0.25) is 0 Å². The molecular weight excluding hydrogens is 937 g/mol. The van der Waals surface area contributed by atoms with Crippen LogP contribution >= 0.6 is 0 Å². The molecule has 3 aliphatic heterocycles.